The van der Waals surface area contributed by atoms with Gasteiger partial charge in [0, 0.05) is 0 Å². The van der Waals surface area contributed by atoms with E-state index < -0.39 is 0 Å². The van der Waals surface area contributed by atoms with Crippen LogP contribution < -0.4 is 4.74 Å². The topological polar surface area (TPSA) is 50.8 Å². The SMILES string of the molecule is Cc1nc(OCC(C)C)n[nH]1. The Morgan fingerprint density at radius 1 is 1.55 bits per heavy atom. The summed E-state index contributed by atoms with van der Waals surface area (Å²) in [6.07, 6.45) is 0. The van der Waals surface area contributed by atoms with Crippen LogP contribution in [0.2, 0.25) is 0 Å². The number of aromatic amines is 1. The van der Waals surface area contributed by atoms with Crippen LogP contribution in [0.1, 0.15) is 19.7 Å². The van der Waals surface area contributed by atoms with Crippen molar-refractivity contribution in [2.75, 3.05) is 6.61 Å². The molecule has 0 aliphatic rings. The first kappa shape index (κ1) is 8.04. The van der Waals surface area contributed by atoms with E-state index in [1.165, 1.54) is 0 Å². The monoisotopic (exact) mass is 155 g/mol. The predicted molar refractivity (Wildman–Crippen MR) is 41.5 cm³/mol. The van der Waals surface area contributed by atoms with Crippen LogP contribution in [0, 0.1) is 12.8 Å². The summed E-state index contributed by atoms with van der Waals surface area (Å²) in [5, 5.41) is 6.54. The zero-order valence-corrected chi connectivity index (χ0v) is 7.09. The second kappa shape index (κ2) is 3.37. The van der Waals surface area contributed by atoms with Crippen molar-refractivity contribution < 1.29 is 4.74 Å². The summed E-state index contributed by atoms with van der Waals surface area (Å²) in [6.45, 7) is 6.67. The van der Waals surface area contributed by atoms with Crippen molar-refractivity contribution in [2.24, 2.45) is 5.92 Å². The van der Waals surface area contributed by atoms with E-state index in [-0.39, 0.29) is 0 Å². The van der Waals surface area contributed by atoms with Crippen molar-refractivity contribution in [3.63, 3.8) is 0 Å². The molecule has 0 radical (unpaired) electrons. The molecule has 62 valence electrons. The summed E-state index contributed by atoms with van der Waals surface area (Å²) in [7, 11) is 0. The molecule has 0 spiro atoms. The van der Waals surface area contributed by atoms with Gasteiger partial charge in [0.2, 0.25) is 0 Å². The van der Waals surface area contributed by atoms with Crippen molar-refractivity contribution >= 4 is 0 Å². The summed E-state index contributed by atoms with van der Waals surface area (Å²) in [6, 6.07) is 0.441. The molecular formula is C7H13N3O. The molecule has 0 atom stereocenters. The van der Waals surface area contributed by atoms with E-state index in [2.05, 4.69) is 29.0 Å². The van der Waals surface area contributed by atoms with Gasteiger partial charge in [-0.05, 0) is 12.8 Å². The molecule has 1 rings (SSSR count). The van der Waals surface area contributed by atoms with Gasteiger partial charge < -0.3 is 4.74 Å². The van der Waals surface area contributed by atoms with E-state index in [0.717, 1.165) is 5.82 Å². The number of aryl methyl sites for hydroxylation is 1. The molecule has 0 unspecified atom stereocenters. The van der Waals surface area contributed by atoms with E-state index in [0.29, 0.717) is 18.5 Å². The molecule has 1 aromatic heterocycles. The van der Waals surface area contributed by atoms with E-state index in [9.17, 15) is 0 Å². The highest BCUT2D eigenvalue weighted by atomic mass is 16.5. The highest BCUT2D eigenvalue weighted by molar-refractivity contribution is 4.92. The summed E-state index contributed by atoms with van der Waals surface area (Å²) < 4.78 is 5.23. The van der Waals surface area contributed by atoms with Crippen LogP contribution in [0.5, 0.6) is 6.01 Å². The molecular weight excluding hydrogens is 142 g/mol. The molecule has 0 aliphatic carbocycles. The average molecular weight is 155 g/mol. The van der Waals surface area contributed by atoms with Crippen LogP contribution in [0.4, 0.5) is 0 Å². The molecule has 0 saturated heterocycles. The van der Waals surface area contributed by atoms with E-state index in [1.807, 2.05) is 6.92 Å². The Labute approximate surface area is 66.0 Å². The first-order valence-electron chi connectivity index (χ1n) is 3.70. The minimum absolute atomic E-state index is 0.441. The van der Waals surface area contributed by atoms with Crippen LogP contribution in [-0.2, 0) is 0 Å². The molecule has 4 heteroatoms. The van der Waals surface area contributed by atoms with Gasteiger partial charge in [0.15, 0.2) is 0 Å². The molecule has 0 amide bonds. The molecule has 11 heavy (non-hydrogen) atoms. The third-order valence-electron chi connectivity index (χ3n) is 1.12. The van der Waals surface area contributed by atoms with Crippen molar-refractivity contribution in [3.8, 4) is 6.01 Å². The number of aromatic nitrogens is 3. The lowest BCUT2D eigenvalue weighted by molar-refractivity contribution is 0.252. The zero-order valence-electron chi connectivity index (χ0n) is 7.09. The molecule has 0 bridgehead atoms. The van der Waals surface area contributed by atoms with Gasteiger partial charge in [-0.25, -0.2) is 0 Å². The van der Waals surface area contributed by atoms with Gasteiger partial charge in [0.05, 0.1) is 6.61 Å². The second-order valence-corrected chi connectivity index (χ2v) is 2.91. The number of rotatable bonds is 3. The minimum atomic E-state index is 0.441. The number of hydrogen-bond donors (Lipinski definition) is 1. The van der Waals surface area contributed by atoms with Crippen LogP contribution in [0.25, 0.3) is 0 Å². The average Bonchev–Trinajstić information content (AvgIpc) is 2.31. The van der Waals surface area contributed by atoms with Gasteiger partial charge in [-0.2, -0.15) is 4.98 Å². The fourth-order valence-corrected chi connectivity index (χ4v) is 0.628. The minimum Gasteiger partial charge on any atom is -0.462 e. The standard InChI is InChI=1S/C7H13N3O/c1-5(2)4-11-7-8-6(3)9-10-7/h5H,4H2,1-3H3,(H,8,9,10). The number of nitrogens with one attached hydrogen (secondary N) is 1. The predicted octanol–water partition coefficient (Wildman–Crippen LogP) is 1.15. The number of H-pyrrole nitrogens is 1. The summed E-state index contributed by atoms with van der Waals surface area (Å²) in [4.78, 5) is 3.99. The van der Waals surface area contributed by atoms with Crippen molar-refractivity contribution in [3.05, 3.63) is 5.82 Å². The second-order valence-electron chi connectivity index (χ2n) is 2.91. The Hall–Kier alpha value is -1.06. The van der Waals surface area contributed by atoms with Crippen molar-refractivity contribution in [2.45, 2.75) is 20.8 Å². The molecule has 1 N–H and O–H groups in total. The van der Waals surface area contributed by atoms with Crippen molar-refractivity contribution in [1.82, 2.24) is 15.2 Å². The zero-order chi connectivity index (χ0) is 8.27. The van der Waals surface area contributed by atoms with Gasteiger partial charge >= 0.3 is 6.01 Å². The van der Waals surface area contributed by atoms with Gasteiger partial charge in [-0.15, -0.1) is 5.10 Å². The number of nitrogens with zero attached hydrogens (tertiary/aromatic N) is 2. The molecule has 0 aromatic carbocycles. The van der Waals surface area contributed by atoms with E-state index >= 15 is 0 Å². The molecule has 0 fully saturated rings. The highest BCUT2D eigenvalue weighted by Crippen LogP contribution is 2.02. The summed E-state index contributed by atoms with van der Waals surface area (Å²) in [5.41, 5.74) is 0. The van der Waals surface area contributed by atoms with E-state index in [4.69, 9.17) is 4.74 Å². The normalized spacial score (nSPS) is 10.5. The maximum atomic E-state index is 5.23. The fourth-order valence-electron chi connectivity index (χ4n) is 0.628. The van der Waals surface area contributed by atoms with Gasteiger partial charge in [0.1, 0.15) is 5.82 Å². The first-order chi connectivity index (χ1) is 5.18. The number of ether oxygens (including phenoxy) is 1. The van der Waals surface area contributed by atoms with Gasteiger partial charge in [-0.1, -0.05) is 13.8 Å². The lowest BCUT2D eigenvalue weighted by Gasteiger charge is -2.02. The van der Waals surface area contributed by atoms with E-state index in [1.54, 1.807) is 0 Å². The summed E-state index contributed by atoms with van der Waals surface area (Å²) >= 11 is 0. The maximum absolute atomic E-state index is 5.23. The Bertz CT molecular complexity index is 219. The quantitative estimate of drug-likeness (QED) is 0.712. The van der Waals surface area contributed by atoms with Crippen LogP contribution >= 0.6 is 0 Å². The lowest BCUT2D eigenvalue weighted by atomic mass is 10.2. The Kier molecular flexibility index (Phi) is 2.46. The molecule has 0 saturated carbocycles. The molecule has 4 nitrogen and oxygen atoms in total. The Morgan fingerprint density at radius 2 is 2.27 bits per heavy atom. The Balaban J connectivity index is 2.39. The van der Waals surface area contributed by atoms with Crippen LogP contribution in [0.15, 0.2) is 0 Å². The third-order valence-corrected chi connectivity index (χ3v) is 1.12. The molecule has 1 aromatic rings. The smallest absolute Gasteiger partial charge is 0.335 e. The highest BCUT2D eigenvalue weighted by Gasteiger charge is 2.00. The molecule has 1 heterocycles. The third kappa shape index (κ3) is 2.57. The molecule has 0 aliphatic heterocycles. The first-order valence-corrected chi connectivity index (χ1v) is 3.70. The van der Waals surface area contributed by atoms with Gasteiger partial charge in [-0.3, -0.25) is 5.10 Å². The largest absolute Gasteiger partial charge is 0.462 e. The van der Waals surface area contributed by atoms with Gasteiger partial charge in [0.25, 0.3) is 0 Å². The number of hydrogen-bond acceptors (Lipinski definition) is 3. The summed E-state index contributed by atoms with van der Waals surface area (Å²) in [5.74, 6) is 1.29. The Morgan fingerprint density at radius 3 is 2.73 bits per heavy atom. The maximum Gasteiger partial charge on any atom is 0.335 e. The van der Waals surface area contributed by atoms with Crippen LogP contribution in [0.3, 0.4) is 0 Å². The fraction of sp³-hybridized carbons (Fsp3) is 0.714. The lowest BCUT2D eigenvalue weighted by Crippen LogP contribution is -2.05. The van der Waals surface area contributed by atoms with Crippen molar-refractivity contribution in [1.29, 1.82) is 0 Å². The van der Waals surface area contributed by atoms with Crippen LogP contribution in [-0.4, -0.2) is 21.8 Å².